The fourth-order valence-electron chi connectivity index (χ4n) is 2.48. The summed E-state index contributed by atoms with van der Waals surface area (Å²) < 4.78 is 5.61. The highest BCUT2D eigenvalue weighted by Crippen LogP contribution is 2.23. The van der Waals surface area contributed by atoms with E-state index in [0.717, 1.165) is 24.8 Å². The first kappa shape index (κ1) is 15.3. The maximum atomic E-state index is 12.2. The van der Waals surface area contributed by atoms with Gasteiger partial charge < -0.3 is 15.8 Å². The average molecular weight is 297 g/mol. The van der Waals surface area contributed by atoms with Crippen LogP contribution in [0.3, 0.4) is 0 Å². The second-order valence-corrected chi connectivity index (χ2v) is 5.52. The number of carbonyl (C=O) groups excluding carboxylic acids is 1. The van der Waals surface area contributed by atoms with E-state index in [1.165, 1.54) is 0 Å². The van der Waals surface area contributed by atoms with Crippen LogP contribution in [0.4, 0.5) is 0 Å². The highest BCUT2D eigenvalue weighted by atomic mass is 35.5. The topological polar surface area (TPSA) is 64.4 Å². The number of nitrogens with two attached hydrogens (primary N) is 1. The molecule has 0 aromatic heterocycles. The van der Waals surface area contributed by atoms with Crippen LogP contribution in [-0.2, 0) is 9.53 Å². The highest BCUT2D eigenvalue weighted by Gasteiger charge is 2.30. The van der Waals surface area contributed by atoms with E-state index in [4.69, 9.17) is 22.1 Å². The van der Waals surface area contributed by atoms with E-state index in [2.05, 4.69) is 5.32 Å². The molecule has 1 unspecified atom stereocenters. The lowest BCUT2D eigenvalue weighted by atomic mass is 10.0. The van der Waals surface area contributed by atoms with Crippen LogP contribution in [0.2, 0.25) is 5.02 Å². The van der Waals surface area contributed by atoms with Crippen LogP contribution >= 0.6 is 11.6 Å². The largest absolute Gasteiger partial charge is 0.364 e. The molecule has 0 bridgehead atoms. The molecule has 5 heteroatoms. The van der Waals surface area contributed by atoms with Gasteiger partial charge in [0.1, 0.15) is 6.10 Å². The van der Waals surface area contributed by atoms with Crippen molar-refractivity contribution in [3.8, 4) is 0 Å². The molecule has 1 aliphatic heterocycles. The lowest BCUT2D eigenvalue weighted by Crippen LogP contribution is -2.37. The van der Waals surface area contributed by atoms with Crippen LogP contribution < -0.4 is 11.1 Å². The number of hydrogen-bond acceptors (Lipinski definition) is 3. The van der Waals surface area contributed by atoms with E-state index in [1.54, 1.807) is 0 Å². The zero-order valence-electron chi connectivity index (χ0n) is 11.6. The lowest BCUT2D eigenvalue weighted by molar-refractivity contribution is -0.132. The van der Waals surface area contributed by atoms with Crippen LogP contribution in [0.1, 0.15) is 37.8 Å². The molecule has 3 N–H and O–H groups in total. The second-order valence-electron chi connectivity index (χ2n) is 5.08. The van der Waals surface area contributed by atoms with Crippen molar-refractivity contribution in [2.45, 2.75) is 44.4 Å². The molecule has 110 valence electrons. The van der Waals surface area contributed by atoms with Crippen LogP contribution in [0.15, 0.2) is 24.3 Å². The molecule has 1 aromatic rings. The summed E-state index contributed by atoms with van der Waals surface area (Å²) >= 11 is 6.00. The van der Waals surface area contributed by atoms with Crippen molar-refractivity contribution >= 4 is 17.5 Å². The minimum Gasteiger partial charge on any atom is -0.364 e. The van der Waals surface area contributed by atoms with Gasteiger partial charge in [0.2, 0.25) is 5.91 Å². The second kappa shape index (κ2) is 7.07. The van der Waals surface area contributed by atoms with Crippen molar-refractivity contribution in [1.29, 1.82) is 0 Å². The molecular weight excluding hydrogens is 276 g/mol. The Bertz CT molecular complexity index is 467. The molecule has 1 fully saturated rings. The number of carbonyl (C=O) groups is 1. The molecule has 1 amide bonds. The maximum Gasteiger partial charge on any atom is 0.249 e. The number of ether oxygens (including phenoxy) is 1. The van der Waals surface area contributed by atoms with E-state index in [0.29, 0.717) is 11.6 Å². The molecular formula is C15H21ClN2O2. The number of rotatable bonds is 5. The molecule has 1 aliphatic rings. The predicted molar refractivity (Wildman–Crippen MR) is 79.6 cm³/mol. The quantitative estimate of drug-likeness (QED) is 0.877. The minimum absolute atomic E-state index is 0.0111. The van der Waals surface area contributed by atoms with Crippen molar-refractivity contribution in [3.63, 3.8) is 0 Å². The van der Waals surface area contributed by atoms with Crippen LogP contribution in [0.5, 0.6) is 0 Å². The third-order valence-corrected chi connectivity index (χ3v) is 3.87. The first-order valence-corrected chi connectivity index (χ1v) is 7.43. The van der Waals surface area contributed by atoms with E-state index in [9.17, 15) is 4.79 Å². The van der Waals surface area contributed by atoms with Gasteiger partial charge >= 0.3 is 0 Å². The molecule has 0 saturated carbocycles. The van der Waals surface area contributed by atoms with Crippen LogP contribution in [-0.4, -0.2) is 24.7 Å². The van der Waals surface area contributed by atoms with Crippen molar-refractivity contribution in [2.24, 2.45) is 5.73 Å². The zero-order chi connectivity index (χ0) is 14.5. The summed E-state index contributed by atoms with van der Waals surface area (Å²) in [4.78, 5) is 12.2. The standard InChI is InChI=1S/C15H21ClN2O2/c1-2-13(10-4-3-5-11(16)8-10)18-15(19)14-7-6-12(9-17)20-14/h3-5,8,12-14H,2,6-7,9,17H2,1H3,(H,18,19)/t12-,13?,14+/m1/s1. The summed E-state index contributed by atoms with van der Waals surface area (Å²) in [5.74, 6) is -0.0622. The molecule has 3 atom stereocenters. The van der Waals surface area contributed by atoms with Crippen LogP contribution in [0.25, 0.3) is 0 Å². The average Bonchev–Trinajstić information content (AvgIpc) is 2.93. The van der Waals surface area contributed by atoms with Gasteiger partial charge in [0.15, 0.2) is 0 Å². The zero-order valence-corrected chi connectivity index (χ0v) is 12.4. The lowest BCUT2D eigenvalue weighted by Gasteiger charge is -2.20. The first-order valence-electron chi connectivity index (χ1n) is 7.05. The Morgan fingerprint density at radius 1 is 1.55 bits per heavy atom. The number of nitrogens with one attached hydrogen (secondary N) is 1. The van der Waals surface area contributed by atoms with Gasteiger partial charge in [0.05, 0.1) is 12.1 Å². The Labute approximate surface area is 124 Å². The molecule has 1 saturated heterocycles. The number of benzene rings is 1. The number of amides is 1. The monoisotopic (exact) mass is 296 g/mol. The summed E-state index contributed by atoms with van der Waals surface area (Å²) in [5.41, 5.74) is 6.58. The van der Waals surface area contributed by atoms with Crippen molar-refractivity contribution in [1.82, 2.24) is 5.32 Å². The highest BCUT2D eigenvalue weighted by molar-refractivity contribution is 6.30. The van der Waals surface area contributed by atoms with Crippen molar-refractivity contribution < 1.29 is 9.53 Å². The number of hydrogen-bond donors (Lipinski definition) is 2. The van der Waals surface area contributed by atoms with Gasteiger partial charge in [-0.25, -0.2) is 0 Å². The van der Waals surface area contributed by atoms with Gasteiger partial charge in [-0.3, -0.25) is 4.79 Å². The molecule has 0 radical (unpaired) electrons. The first-order chi connectivity index (χ1) is 9.63. The summed E-state index contributed by atoms with van der Waals surface area (Å²) in [5, 5.41) is 3.71. The third kappa shape index (κ3) is 3.72. The van der Waals surface area contributed by atoms with E-state index in [-0.39, 0.29) is 24.2 Å². The number of halogens is 1. The predicted octanol–water partition coefficient (Wildman–Crippen LogP) is 2.41. The third-order valence-electron chi connectivity index (χ3n) is 3.64. The van der Waals surface area contributed by atoms with E-state index in [1.807, 2.05) is 31.2 Å². The Kier molecular flexibility index (Phi) is 5.40. The summed E-state index contributed by atoms with van der Waals surface area (Å²) in [7, 11) is 0. The van der Waals surface area contributed by atoms with Crippen molar-refractivity contribution in [2.75, 3.05) is 6.54 Å². The van der Waals surface area contributed by atoms with Gasteiger partial charge in [-0.15, -0.1) is 0 Å². The Hall–Kier alpha value is -1.10. The Morgan fingerprint density at radius 3 is 2.95 bits per heavy atom. The van der Waals surface area contributed by atoms with Gasteiger partial charge in [-0.1, -0.05) is 30.7 Å². The Morgan fingerprint density at radius 2 is 2.35 bits per heavy atom. The molecule has 1 heterocycles. The van der Waals surface area contributed by atoms with Crippen LogP contribution in [0, 0.1) is 0 Å². The summed E-state index contributed by atoms with van der Waals surface area (Å²) in [6.45, 7) is 2.50. The van der Waals surface area contributed by atoms with E-state index >= 15 is 0 Å². The van der Waals surface area contributed by atoms with Gasteiger partial charge in [0.25, 0.3) is 0 Å². The van der Waals surface area contributed by atoms with E-state index < -0.39 is 0 Å². The molecule has 0 spiro atoms. The molecule has 4 nitrogen and oxygen atoms in total. The van der Waals surface area contributed by atoms with Gasteiger partial charge in [-0.2, -0.15) is 0 Å². The molecule has 0 aliphatic carbocycles. The molecule has 1 aromatic carbocycles. The maximum absolute atomic E-state index is 12.2. The fraction of sp³-hybridized carbons (Fsp3) is 0.533. The fourth-order valence-corrected chi connectivity index (χ4v) is 2.68. The minimum atomic E-state index is -0.378. The summed E-state index contributed by atoms with van der Waals surface area (Å²) in [6, 6.07) is 7.53. The SMILES string of the molecule is CCC(NC(=O)[C@@H]1CC[C@H](CN)O1)c1cccc(Cl)c1. The molecule has 20 heavy (non-hydrogen) atoms. The Balaban J connectivity index is 1.98. The van der Waals surface area contributed by atoms with Gasteiger partial charge in [0, 0.05) is 11.6 Å². The van der Waals surface area contributed by atoms with Crippen molar-refractivity contribution in [3.05, 3.63) is 34.9 Å². The molecule has 2 rings (SSSR count). The normalized spacial score (nSPS) is 23.6. The van der Waals surface area contributed by atoms with Gasteiger partial charge in [-0.05, 0) is 37.0 Å². The smallest absolute Gasteiger partial charge is 0.249 e. The summed E-state index contributed by atoms with van der Waals surface area (Å²) in [6.07, 6.45) is 2.02.